The molecule has 23 heavy (non-hydrogen) atoms. The molecule has 3 rings (SSSR count). The van der Waals surface area contributed by atoms with Gasteiger partial charge in [-0.15, -0.1) is 0 Å². The average Bonchev–Trinajstić information content (AvgIpc) is 2.57. The van der Waals surface area contributed by atoms with Crippen molar-refractivity contribution in [1.82, 2.24) is 4.98 Å². The molecule has 2 aromatic carbocycles. The fourth-order valence-electron chi connectivity index (χ4n) is 2.34. The summed E-state index contributed by atoms with van der Waals surface area (Å²) < 4.78 is 1.03. The standard InChI is InChI=1S/C17H14BrN5/c18-14-5-7-15(8-6-14)21-17-13(9-10-20-23-19)11-12-3-1-2-4-16(12)22-17/h1-8,11H,9-10H2,(H,21,22). The van der Waals surface area contributed by atoms with Gasteiger partial charge in [-0.1, -0.05) is 39.2 Å². The number of hydrogen-bond donors (Lipinski definition) is 1. The van der Waals surface area contributed by atoms with Gasteiger partial charge < -0.3 is 5.32 Å². The second-order valence-electron chi connectivity index (χ2n) is 5.03. The Bertz CT molecular complexity index is 870. The second kappa shape index (κ2) is 7.13. The van der Waals surface area contributed by atoms with Gasteiger partial charge in [-0.05, 0) is 53.9 Å². The van der Waals surface area contributed by atoms with E-state index in [9.17, 15) is 0 Å². The Morgan fingerprint density at radius 1 is 1.13 bits per heavy atom. The van der Waals surface area contributed by atoms with Crippen LogP contribution in [-0.2, 0) is 6.42 Å². The van der Waals surface area contributed by atoms with E-state index in [0.29, 0.717) is 13.0 Å². The van der Waals surface area contributed by atoms with Crippen LogP contribution >= 0.6 is 15.9 Å². The second-order valence-corrected chi connectivity index (χ2v) is 5.94. The summed E-state index contributed by atoms with van der Waals surface area (Å²) in [6.45, 7) is 0.408. The summed E-state index contributed by atoms with van der Waals surface area (Å²) in [5.41, 5.74) is 11.4. The van der Waals surface area contributed by atoms with Crippen LogP contribution < -0.4 is 5.32 Å². The Morgan fingerprint density at radius 3 is 2.70 bits per heavy atom. The van der Waals surface area contributed by atoms with Crippen LogP contribution in [0.15, 0.2) is 64.2 Å². The predicted molar refractivity (Wildman–Crippen MR) is 96.9 cm³/mol. The summed E-state index contributed by atoms with van der Waals surface area (Å²) in [5.74, 6) is 0.791. The number of halogens is 1. The van der Waals surface area contributed by atoms with E-state index in [1.807, 2.05) is 48.5 Å². The average molecular weight is 368 g/mol. The fourth-order valence-corrected chi connectivity index (χ4v) is 2.61. The molecule has 0 saturated carbocycles. The number of pyridine rings is 1. The first-order valence-corrected chi connectivity index (χ1v) is 7.98. The van der Waals surface area contributed by atoms with E-state index >= 15 is 0 Å². The molecule has 0 unspecified atom stereocenters. The van der Waals surface area contributed by atoms with Crippen molar-refractivity contribution in [2.24, 2.45) is 5.11 Å². The van der Waals surface area contributed by atoms with Gasteiger partial charge >= 0.3 is 0 Å². The molecule has 3 aromatic rings. The molecule has 5 nitrogen and oxygen atoms in total. The van der Waals surface area contributed by atoms with Gasteiger partial charge in [0, 0.05) is 27.0 Å². The lowest BCUT2D eigenvalue weighted by Gasteiger charge is -2.12. The highest BCUT2D eigenvalue weighted by atomic mass is 79.9. The van der Waals surface area contributed by atoms with Crippen molar-refractivity contribution in [1.29, 1.82) is 0 Å². The molecule has 114 valence electrons. The molecule has 0 fully saturated rings. The van der Waals surface area contributed by atoms with Crippen LogP contribution in [-0.4, -0.2) is 11.5 Å². The van der Waals surface area contributed by atoms with Crippen molar-refractivity contribution >= 4 is 38.3 Å². The first kappa shape index (κ1) is 15.3. The van der Waals surface area contributed by atoms with Crippen LogP contribution in [0.5, 0.6) is 0 Å². The lowest BCUT2D eigenvalue weighted by Crippen LogP contribution is -2.01. The Balaban J connectivity index is 1.98. The lowest BCUT2D eigenvalue weighted by atomic mass is 10.1. The predicted octanol–water partition coefficient (Wildman–Crippen LogP) is 5.59. The number of nitrogens with one attached hydrogen (secondary N) is 1. The summed E-state index contributed by atoms with van der Waals surface area (Å²) in [7, 11) is 0. The van der Waals surface area contributed by atoms with E-state index in [1.165, 1.54) is 0 Å². The van der Waals surface area contributed by atoms with Crippen LogP contribution in [0.2, 0.25) is 0 Å². The highest BCUT2D eigenvalue weighted by Crippen LogP contribution is 2.25. The summed E-state index contributed by atoms with van der Waals surface area (Å²) in [5, 5.41) is 8.05. The third kappa shape index (κ3) is 3.80. The number of anilines is 2. The minimum Gasteiger partial charge on any atom is -0.340 e. The van der Waals surface area contributed by atoms with Crippen molar-refractivity contribution in [3.63, 3.8) is 0 Å². The summed E-state index contributed by atoms with van der Waals surface area (Å²) in [6, 6.07) is 18.0. The number of rotatable bonds is 5. The minimum absolute atomic E-state index is 0.408. The van der Waals surface area contributed by atoms with Crippen molar-refractivity contribution in [2.75, 3.05) is 11.9 Å². The molecule has 0 radical (unpaired) electrons. The maximum Gasteiger partial charge on any atom is 0.134 e. The van der Waals surface area contributed by atoms with Crippen molar-refractivity contribution in [3.8, 4) is 0 Å². The van der Waals surface area contributed by atoms with Crippen LogP contribution in [0.1, 0.15) is 5.56 Å². The zero-order valence-corrected chi connectivity index (χ0v) is 13.9. The zero-order valence-electron chi connectivity index (χ0n) is 12.3. The molecule has 0 spiro atoms. The van der Waals surface area contributed by atoms with Gasteiger partial charge in [-0.2, -0.15) is 0 Å². The quantitative estimate of drug-likeness (QED) is 0.362. The van der Waals surface area contributed by atoms with Gasteiger partial charge in [-0.25, -0.2) is 4.98 Å². The van der Waals surface area contributed by atoms with E-state index in [-0.39, 0.29) is 0 Å². The zero-order chi connectivity index (χ0) is 16.1. The SMILES string of the molecule is [N-]=[N+]=NCCc1cc2ccccc2nc1Nc1ccc(Br)cc1. The molecule has 1 aromatic heterocycles. The van der Waals surface area contributed by atoms with E-state index in [1.54, 1.807) is 0 Å². The van der Waals surface area contributed by atoms with Crippen LogP contribution in [0.25, 0.3) is 21.3 Å². The summed E-state index contributed by atoms with van der Waals surface area (Å²) in [4.78, 5) is 7.53. The lowest BCUT2D eigenvalue weighted by molar-refractivity contribution is 0.953. The van der Waals surface area contributed by atoms with Gasteiger partial charge in [0.25, 0.3) is 0 Å². The van der Waals surface area contributed by atoms with E-state index in [4.69, 9.17) is 10.5 Å². The molecule has 1 N–H and O–H groups in total. The van der Waals surface area contributed by atoms with Crippen LogP contribution in [0.3, 0.4) is 0 Å². The Morgan fingerprint density at radius 2 is 1.91 bits per heavy atom. The monoisotopic (exact) mass is 367 g/mol. The van der Waals surface area contributed by atoms with E-state index < -0.39 is 0 Å². The van der Waals surface area contributed by atoms with E-state index in [0.717, 1.165) is 32.4 Å². The number of fused-ring (bicyclic) bond motifs is 1. The highest BCUT2D eigenvalue weighted by Gasteiger charge is 2.07. The van der Waals surface area contributed by atoms with Crippen molar-refractivity contribution < 1.29 is 0 Å². The molecule has 0 aliphatic rings. The Hall–Kier alpha value is -2.56. The number of aromatic nitrogens is 1. The molecule has 0 aliphatic heterocycles. The molecule has 0 bridgehead atoms. The normalized spacial score (nSPS) is 10.3. The molecular formula is C17H14BrN5. The van der Waals surface area contributed by atoms with Gasteiger partial charge in [0.05, 0.1) is 5.52 Å². The largest absolute Gasteiger partial charge is 0.340 e. The van der Waals surface area contributed by atoms with Gasteiger partial charge in [0.15, 0.2) is 0 Å². The topological polar surface area (TPSA) is 73.7 Å². The number of para-hydroxylation sites is 1. The van der Waals surface area contributed by atoms with Gasteiger partial charge in [-0.3, -0.25) is 0 Å². The summed E-state index contributed by atoms with van der Waals surface area (Å²) in [6.07, 6.45) is 0.640. The molecule has 6 heteroatoms. The smallest absolute Gasteiger partial charge is 0.134 e. The number of azide groups is 1. The fraction of sp³-hybridized carbons (Fsp3) is 0.118. The first-order valence-electron chi connectivity index (χ1n) is 7.18. The third-order valence-corrected chi connectivity index (χ3v) is 3.98. The van der Waals surface area contributed by atoms with E-state index in [2.05, 4.69) is 37.3 Å². The minimum atomic E-state index is 0.408. The maximum absolute atomic E-state index is 8.47. The summed E-state index contributed by atoms with van der Waals surface area (Å²) >= 11 is 3.43. The number of benzene rings is 2. The van der Waals surface area contributed by atoms with Crippen molar-refractivity contribution in [2.45, 2.75) is 6.42 Å². The molecule has 0 atom stereocenters. The number of hydrogen-bond acceptors (Lipinski definition) is 3. The van der Waals surface area contributed by atoms with Crippen LogP contribution in [0.4, 0.5) is 11.5 Å². The molecule has 0 amide bonds. The number of nitrogens with zero attached hydrogens (tertiary/aromatic N) is 4. The maximum atomic E-state index is 8.47. The molecule has 0 aliphatic carbocycles. The first-order chi connectivity index (χ1) is 11.3. The third-order valence-electron chi connectivity index (χ3n) is 3.45. The van der Waals surface area contributed by atoms with Crippen molar-refractivity contribution in [3.05, 3.63) is 75.1 Å². The Kier molecular flexibility index (Phi) is 4.76. The van der Waals surface area contributed by atoms with Gasteiger partial charge in [0.2, 0.25) is 0 Å². The molecular weight excluding hydrogens is 354 g/mol. The van der Waals surface area contributed by atoms with Gasteiger partial charge in [0.1, 0.15) is 5.82 Å². The molecule has 1 heterocycles. The highest BCUT2D eigenvalue weighted by molar-refractivity contribution is 9.10. The van der Waals surface area contributed by atoms with Crippen LogP contribution in [0, 0.1) is 0 Å². The Labute approximate surface area is 142 Å². The molecule has 0 saturated heterocycles.